The Morgan fingerprint density at radius 2 is 1.55 bits per heavy atom. The third-order valence-electron chi connectivity index (χ3n) is 8.49. The average molecular weight is 722 g/mol. The standard InChI is InChI=1S/C38H35N5O6S2/c44-24-26-12-14-28(15-13-26)36-22-34(25-50-38-40-41-42-43(38)32-16-18-33(45)19-17-32)48-37(49-36)31-9-5-8-30(21-31)29-7-4-6-27(20-29)23-39-51(46,47)35-10-2-1-3-11-35/h1-21,34,36-37,39,44-45H,22-25H2/t34-,36+,37+/m1/s1. The number of nitrogens with zero attached hydrogens (tertiary/aromatic N) is 4. The fourth-order valence-electron chi connectivity index (χ4n) is 5.80. The molecule has 1 aromatic heterocycles. The molecule has 5 aromatic carbocycles. The smallest absolute Gasteiger partial charge is 0.240 e. The fourth-order valence-corrected chi connectivity index (χ4v) is 7.75. The fraction of sp³-hybridized carbons (Fsp3) is 0.184. The second-order valence-electron chi connectivity index (χ2n) is 12.0. The van der Waals surface area contributed by atoms with Crippen molar-refractivity contribution in [3.8, 4) is 22.6 Å². The van der Waals surface area contributed by atoms with Gasteiger partial charge in [-0.15, -0.1) is 5.10 Å². The molecule has 51 heavy (non-hydrogen) atoms. The van der Waals surface area contributed by atoms with E-state index in [2.05, 4.69) is 20.2 Å². The van der Waals surface area contributed by atoms with Crippen molar-refractivity contribution >= 4 is 21.8 Å². The van der Waals surface area contributed by atoms with Crippen LogP contribution in [0, 0.1) is 0 Å². The zero-order valence-corrected chi connectivity index (χ0v) is 29.0. The first-order chi connectivity index (χ1) is 24.8. The van der Waals surface area contributed by atoms with Crippen molar-refractivity contribution in [3.63, 3.8) is 0 Å². The van der Waals surface area contributed by atoms with Gasteiger partial charge in [0, 0.05) is 24.3 Å². The summed E-state index contributed by atoms with van der Waals surface area (Å²) >= 11 is 1.47. The largest absolute Gasteiger partial charge is 0.508 e. The molecule has 0 spiro atoms. The Kier molecular flexibility index (Phi) is 10.5. The first-order valence-electron chi connectivity index (χ1n) is 16.3. The van der Waals surface area contributed by atoms with E-state index >= 15 is 0 Å². The summed E-state index contributed by atoms with van der Waals surface area (Å²) in [4.78, 5) is 0.219. The van der Waals surface area contributed by atoms with E-state index < -0.39 is 16.3 Å². The topological polar surface area (TPSA) is 149 Å². The van der Waals surface area contributed by atoms with Crippen LogP contribution in [-0.4, -0.2) is 50.7 Å². The summed E-state index contributed by atoms with van der Waals surface area (Å²) in [6.45, 7) is 0.102. The molecule has 1 saturated heterocycles. The zero-order valence-electron chi connectivity index (χ0n) is 27.3. The summed E-state index contributed by atoms with van der Waals surface area (Å²) in [6.07, 6.45) is -0.602. The number of aromatic hydroxyl groups is 1. The highest BCUT2D eigenvalue weighted by atomic mass is 32.2. The lowest BCUT2D eigenvalue weighted by Gasteiger charge is -2.36. The van der Waals surface area contributed by atoms with Crippen LogP contribution in [0.2, 0.25) is 0 Å². The summed E-state index contributed by atoms with van der Waals surface area (Å²) in [5, 5.41) is 32.1. The number of tetrazole rings is 1. The first-order valence-corrected chi connectivity index (χ1v) is 18.8. The lowest BCUT2D eigenvalue weighted by atomic mass is 9.99. The molecule has 7 rings (SSSR count). The Morgan fingerprint density at radius 1 is 0.804 bits per heavy atom. The van der Waals surface area contributed by atoms with E-state index in [1.807, 2.05) is 72.8 Å². The second-order valence-corrected chi connectivity index (χ2v) is 14.8. The number of benzene rings is 5. The maximum Gasteiger partial charge on any atom is 0.240 e. The lowest BCUT2D eigenvalue weighted by molar-refractivity contribution is -0.245. The zero-order chi connectivity index (χ0) is 35.2. The Morgan fingerprint density at radius 3 is 2.31 bits per heavy atom. The number of phenols is 1. The van der Waals surface area contributed by atoms with Gasteiger partial charge in [0.05, 0.1) is 29.4 Å². The van der Waals surface area contributed by atoms with Gasteiger partial charge in [-0.05, 0) is 86.8 Å². The maximum absolute atomic E-state index is 12.8. The minimum atomic E-state index is -3.65. The van der Waals surface area contributed by atoms with Gasteiger partial charge in [0.2, 0.25) is 15.2 Å². The molecule has 0 unspecified atom stereocenters. The Hall–Kier alpha value is -4.89. The third-order valence-corrected chi connectivity index (χ3v) is 11.0. The number of sulfonamides is 1. The van der Waals surface area contributed by atoms with Crippen LogP contribution in [0.5, 0.6) is 5.75 Å². The van der Waals surface area contributed by atoms with Crippen LogP contribution < -0.4 is 4.72 Å². The number of phenolic OH excluding ortho intramolecular Hbond substituents is 1. The molecular formula is C38H35N5O6S2. The van der Waals surface area contributed by atoms with Crippen molar-refractivity contribution in [1.29, 1.82) is 0 Å². The molecule has 1 aliphatic heterocycles. The highest BCUT2D eigenvalue weighted by Crippen LogP contribution is 2.40. The van der Waals surface area contributed by atoms with E-state index in [0.717, 1.165) is 39.1 Å². The van der Waals surface area contributed by atoms with Crippen molar-refractivity contribution in [3.05, 3.63) is 150 Å². The Bertz CT molecular complexity index is 2180. The molecule has 1 aliphatic rings. The van der Waals surface area contributed by atoms with Crippen molar-refractivity contribution in [1.82, 2.24) is 24.9 Å². The number of aliphatic hydroxyl groups excluding tert-OH is 1. The van der Waals surface area contributed by atoms with Crippen LogP contribution >= 0.6 is 11.8 Å². The normalized spacial score (nSPS) is 17.7. The molecule has 0 amide bonds. The first kappa shape index (κ1) is 34.6. The molecule has 2 heterocycles. The summed E-state index contributed by atoms with van der Waals surface area (Å²) in [7, 11) is -3.65. The van der Waals surface area contributed by atoms with Gasteiger partial charge in [-0.25, -0.2) is 13.1 Å². The van der Waals surface area contributed by atoms with Crippen LogP contribution in [0.4, 0.5) is 0 Å². The van der Waals surface area contributed by atoms with Crippen LogP contribution in [0.15, 0.2) is 137 Å². The predicted octanol–water partition coefficient (Wildman–Crippen LogP) is 6.34. The summed E-state index contributed by atoms with van der Waals surface area (Å²) in [5.41, 5.74) is 6.03. The summed E-state index contributed by atoms with van der Waals surface area (Å²) in [5.74, 6) is 0.702. The summed E-state index contributed by atoms with van der Waals surface area (Å²) < 4.78 is 43.1. The number of rotatable bonds is 12. The highest BCUT2D eigenvalue weighted by molar-refractivity contribution is 7.99. The molecule has 13 heteroatoms. The number of hydrogen-bond donors (Lipinski definition) is 3. The van der Waals surface area contributed by atoms with Crippen LogP contribution in [0.3, 0.4) is 0 Å². The third kappa shape index (κ3) is 8.37. The molecule has 0 aliphatic carbocycles. The van der Waals surface area contributed by atoms with E-state index in [4.69, 9.17) is 9.47 Å². The van der Waals surface area contributed by atoms with E-state index in [-0.39, 0.29) is 36.0 Å². The van der Waals surface area contributed by atoms with Gasteiger partial charge in [-0.2, -0.15) is 4.68 Å². The van der Waals surface area contributed by atoms with Crippen molar-refractivity contribution in [2.24, 2.45) is 0 Å². The number of thioether (sulfide) groups is 1. The van der Waals surface area contributed by atoms with E-state index in [9.17, 15) is 18.6 Å². The van der Waals surface area contributed by atoms with Gasteiger partial charge in [0.15, 0.2) is 6.29 Å². The minimum Gasteiger partial charge on any atom is -0.508 e. The molecule has 260 valence electrons. The monoisotopic (exact) mass is 721 g/mol. The molecule has 1 fully saturated rings. The Labute approximate surface area is 299 Å². The number of hydrogen-bond acceptors (Lipinski definition) is 10. The van der Waals surface area contributed by atoms with Crippen LogP contribution in [0.1, 0.15) is 41.1 Å². The van der Waals surface area contributed by atoms with E-state index in [1.54, 1.807) is 59.3 Å². The van der Waals surface area contributed by atoms with Gasteiger partial charge < -0.3 is 19.7 Å². The highest BCUT2D eigenvalue weighted by Gasteiger charge is 2.33. The number of ether oxygens (including phenoxy) is 2. The van der Waals surface area contributed by atoms with Gasteiger partial charge in [-0.1, -0.05) is 90.6 Å². The van der Waals surface area contributed by atoms with Crippen molar-refractivity contribution < 1.29 is 28.1 Å². The molecule has 0 saturated carbocycles. The molecule has 3 N–H and O–H groups in total. The minimum absolute atomic E-state index is 0.0422. The quantitative estimate of drug-likeness (QED) is 0.122. The van der Waals surface area contributed by atoms with E-state index in [1.165, 1.54) is 11.8 Å². The molecule has 0 radical (unpaired) electrons. The molecule has 0 bridgehead atoms. The molecule has 3 atom stereocenters. The van der Waals surface area contributed by atoms with Crippen LogP contribution in [0.25, 0.3) is 16.8 Å². The number of nitrogens with one attached hydrogen (secondary N) is 1. The molecule has 11 nitrogen and oxygen atoms in total. The van der Waals surface area contributed by atoms with Crippen molar-refractivity contribution in [2.75, 3.05) is 5.75 Å². The number of aliphatic hydroxyl groups is 1. The SMILES string of the molecule is O=S(=O)(NCc1cccc(-c2cccc([C@H]3O[C@@H](CSc4nnnn4-c4ccc(O)cc4)C[C@@H](c4ccc(CO)cc4)O3)c2)c1)c1ccccc1. The number of aromatic nitrogens is 4. The van der Waals surface area contributed by atoms with Gasteiger partial charge in [0.25, 0.3) is 0 Å². The molecule has 6 aromatic rings. The van der Waals surface area contributed by atoms with E-state index in [0.29, 0.717) is 17.3 Å². The lowest BCUT2D eigenvalue weighted by Crippen LogP contribution is -2.31. The van der Waals surface area contributed by atoms with Gasteiger partial charge in [0.1, 0.15) is 5.75 Å². The maximum atomic E-state index is 12.8. The average Bonchev–Trinajstić information content (AvgIpc) is 3.66. The van der Waals surface area contributed by atoms with Gasteiger partial charge in [-0.3, -0.25) is 0 Å². The van der Waals surface area contributed by atoms with Crippen LogP contribution in [-0.2, 0) is 32.6 Å². The second kappa shape index (κ2) is 15.6. The van der Waals surface area contributed by atoms with Gasteiger partial charge >= 0.3 is 0 Å². The Balaban J connectivity index is 1.10. The summed E-state index contributed by atoms with van der Waals surface area (Å²) in [6, 6.07) is 38.4. The van der Waals surface area contributed by atoms with Crippen molar-refractivity contribution in [2.45, 2.75) is 48.1 Å². The predicted molar refractivity (Wildman–Crippen MR) is 192 cm³/mol. The molecular weight excluding hydrogens is 687 g/mol.